The zero-order chi connectivity index (χ0) is 15.6. The van der Waals surface area contributed by atoms with Crippen molar-refractivity contribution in [2.24, 2.45) is 0 Å². The Hall–Kier alpha value is -2.89. The van der Waals surface area contributed by atoms with E-state index in [4.69, 9.17) is 0 Å². The third-order valence-electron chi connectivity index (χ3n) is 4.02. The second kappa shape index (κ2) is 5.72. The number of hydrogen-bond acceptors (Lipinski definition) is 4. The van der Waals surface area contributed by atoms with Crippen molar-refractivity contribution in [3.05, 3.63) is 54.0 Å². The summed E-state index contributed by atoms with van der Waals surface area (Å²) in [5.74, 6) is 1.64. The second-order valence-electron chi connectivity index (χ2n) is 5.63. The highest BCUT2D eigenvalue weighted by Gasteiger charge is 2.04. The lowest BCUT2D eigenvalue weighted by Gasteiger charge is -2.05. The van der Waals surface area contributed by atoms with Gasteiger partial charge in [-0.05, 0) is 43.5 Å². The SMILES string of the molecule is Cc1nnc2ccc(NCCCc3c[nH]c4ccccc34)nn12. The molecule has 0 radical (unpaired) electrons. The molecule has 0 spiro atoms. The van der Waals surface area contributed by atoms with E-state index < -0.39 is 0 Å². The third kappa shape index (κ3) is 2.63. The minimum atomic E-state index is 0.770. The Morgan fingerprint density at radius 3 is 3.00 bits per heavy atom. The molecule has 4 rings (SSSR count). The number of rotatable bonds is 5. The summed E-state index contributed by atoms with van der Waals surface area (Å²) < 4.78 is 1.75. The lowest BCUT2D eigenvalue weighted by Crippen LogP contribution is -2.07. The van der Waals surface area contributed by atoms with Gasteiger partial charge >= 0.3 is 0 Å². The molecule has 0 amide bonds. The molecule has 0 fully saturated rings. The molecule has 2 N–H and O–H groups in total. The van der Waals surface area contributed by atoms with Crippen LogP contribution in [0.5, 0.6) is 0 Å². The Balaban J connectivity index is 1.38. The van der Waals surface area contributed by atoms with Crippen molar-refractivity contribution in [3.8, 4) is 0 Å². The van der Waals surface area contributed by atoms with Crippen LogP contribution in [0.1, 0.15) is 17.8 Å². The average Bonchev–Trinajstić information content (AvgIpc) is 3.16. The largest absolute Gasteiger partial charge is 0.369 e. The molecule has 23 heavy (non-hydrogen) atoms. The molecule has 0 atom stereocenters. The molecule has 1 aromatic carbocycles. The Bertz CT molecular complexity index is 952. The van der Waals surface area contributed by atoms with Gasteiger partial charge in [-0.25, -0.2) is 0 Å². The van der Waals surface area contributed by atoms with Gasteiger partial charge in [0.1, 0.15) is 5.82 Å². The van der Waals surface area contributed by atoms with E-state index >= 15 is 0 Å². The first-order valence-electron chi connectivity index (χ1n) is 7.79. The highest BCUT2D eigenvalue weighted by molar-refractivity contribution is 5.83. The molecule has 0 unspecified atom stereocenters. The molecule has 3 heterocycles. The molecule has 0 saturated heterocycles. The average molecular weight is 306 g/mol. The Labute approximate surface area is 133 Å². The van der Waals surface area contributed by atoms with E-state index in [1.54, 1.807) is 4.52 Å². The summed E-state index contributed by atoms with van der Waals surface area (Å²) in [5, 5.41) is 17.2. The molecule has 6 nitrogen and oxygen atoms in total. The number of nitrogens with one attached hydrogen (secondary N) is 2. The van der Waals surface area contributed by atoms with Crippen molar-refractivity contribution in [2.45, 2.75) is 19.8 Å². The van der Waals surface area contributed by atoms with Crippen LogP contribution >= 0.6 is 0 Å². The summed E-state index contributed by atoms with van der Waals surface area (Å²) in [6, 6.07) is 12.3. The summed E-state index contributed by atoms with van der Waals surface area (Å²) >= 11 is 0. The van der Waals surface area contributed by atoms with Crippen LogP contribution in [0.15, 0.2) is 42.6 Å². The highest BCUT2D eigenvalue weighted by atomic mass is 15.4. The van der Waals surface area contributed by atoms with Crippen molar-refractivity contribution >= 4 is 22.4 Å². The molecule has 0 aliphatic rings. The van der Waals surface area contributed by atoms with Gasteiger partial charge in [-0.3, -0.25) is 0 Å². The van der Waals surface area contributed by atoms with Crippen molar-refractivity contribution < 1.29 is 0 Å². The molecule has 3 aromatic heterocycles. The predicted molar refractivity (Wildman–Crippen MR) is 90.6 cm³/mol. The monoisotopic (exact) mass is 306 g/mol. The first-order chi connectivity index (χ1) is 11.3. The van der Waals surface area contributed by atoms with E-state index in [9.17, 15) is 0 Å². The standard InChI is InChI=1S/C17H18N6/c1-12-20-21-17-9-8-16(22-23(12)17)18-10-4-5-13-11-19-15-7-3-2-6-14(13)15/h2-3,6-9,11,19H,4-5,10H2,1H3,(H,18,22). The van der Waals surface area contributed by atoms with Gasteiger partial charge in [0.15, 0.2) is 11.5 Å². The summed E-state index contributed by atoms with van der Waals surface area (Å²) in [5.41, 5.74) is 3.33. The van der Waals surface area contributed by atoms with Gasteiger partial charge in [-0.1, -0.05) is 18.2 Å². The van der Waals surface area contributed by atoms with E-state index in [0.29, 0.717) is 0 Å². The fourth-order valence-corrected chi connectivity index (χ4v) is 2.82. The number of fused-ring (bicyclic) bond motifs is 2. The minimum Gasteiger partial charge on any atom is -0.369 e. The van der Waals surface area contributed by atoms with E-state index in [2.05, 4.69) is 56.1 Å². The number of benzene rings is 1. The predicted octanol–water partition coefficient (Wildman–Crippen LogP) is 2.96. The lowest BCUT2D eigenvalue weighted by atomic mass is 10.1. The van der Waals surface area contributed by atoms with Crippen LogP contribution in [-0.4, -0.2) is 31.3 Å². The number of aryl methyl sites for hydroxylation is 2. The van der Waals surface area contributed by atoms with Crippen molar-refractivity contribution in [1.29, 1.82) is 0 Å². The maximum atomic E-state index is 4.49. The van der Waals surface area contributed by atoms with Crippen LogP contribution in [0.25, 0.3) is 16.6 Å². The minimum absolute atomic E-state index is 0.770. The van der Waals surface area contributed by atoms with Crippen LogP contribution in [0, 0.1) is 6.92 Å². The maximum Gasteiger partial charge on any atom is 0.178 e. The quantitative estimate of drug-likeness (QED) is 0.556. The molecule has 0 bridgehead atoms. The van der Waals surface area contributed by atoms with Gasteiger partial charge in [0.05, 0.1) is 0 Å². The Kier molecular flexibility index (Phi) is 3.42. The zero-order valence-corrected chi connectivity index (χ0v) is 13.0. The topological polar surface area (TPSA) is 70.9 Å². The summed E-state index contributed by atoms with van der Waals surface area (Å²) in [6.07, 6.45) is 4.18. The molecular weight excluding hydrogens is 288 g/mol. The number of H-pyrrole nitrogens is 1. The third-order valence-corrected chi connectivity index (χ3v) is 4.02. The maximum absolute atomic E-state index is 4.49. The van der Waals surface area contributed by atoms with Crippen molar-refractivity contribution in [3.63, 3.8) is 0 Å². The van der Waals surface area contributed by atoms with Gasteiger partial charge in [0.2, 0.25) is 0 Å². The summed E-state index contributed by atoms with van der Waals surface area (Å²) in [6.45, 7) is 2.77. The number of nitrogens with zero attached hydrogens (tertiary/aromatic N) is 4. The van der Waals surface area contributed by atoms with Crippen molar-refractivity contribution in [2.75, 3.05) is 11.9 Å². The number of aromatic nitrogens is 5. The van der Waals surface area contributed by atoms with Gasteiger partial charge < -0.3 is 10.3 Å². The highest BCUT2D eigenvalue weighted by Crippen LogP contribution is 2.19. The fraction of sp³-hybridized carbons (Fsp3) is 0.235. The molecule has 0 saturated carbocycles. The van der Waals surface area contributed by atoms with Crippen molar-refractivity contribution in [1.82, 2.24) is 24.8 Å². The Morgan fingerprint density at radius 2 is 2.04 bits per heavy atom. The number of hydrogen-bond donors (Lipinski definition) is 2. The Morgan fingerprint density at radius 1 is 1.13 bits per heavy atom. The normalized spacial score (nSPS) is 11.3. The number of anilines is 1. The molecule has 116 valence electrons. The van der Waals surface area contributed by atoms with Crippen LogP contribution in [-0.2, 0) is 6.42 Å². The van der Waals surface area contributed by atoms with Crippen LogP contribution < -0.4 is 5.32 Å². The molecule has 0 aliphatic heterocycles. The zero-order valence-electron chi connectivity index (χ0n) is 13.0. The molecule has 4 aromatic rings. The van der Waals surface area contributed by atoms with Gasteiger partial charge in [0.25, 0.3) is 0 Å². The van der Waals surface area contributed by atoms with Crippen LogP contribution in [0.3, 0.4) is 0 Å². The van der Waals surface area contributed by atoms with Gasteiger partial charge in [-0.15, -0.1) is 15.3 Å². The van der Waals surface area contributed by atoms with E-state index in [-0.39, 0.29) is 0 Å². The molecular formula is C17H18N6. The molecule has 6 heteroatoms. The van der Waals surface area contributed by atoms with E-state index in [1.807, 2.05) is 19.1 Å². The van der Waals surface area contributed by atoms with E-state index in [1.165, 1.54) is 16.5 Å². The summed E-state index contributed by atoms with van der Waals surface area (Å²) in [4.78, 5) is 3.32. The fourth-order valence-electron chi connectivity index (χ4n) is 2.82. The first kappa shape index (κ1) is 13.8. The second-order valence-corrected chi connectivity index (χ2v) is 5.63. The number of aromatic amines is 1. The van der Waals surface area contributed by atoms with Crippen LogP contribution in [0.4, 0.5) is 5.82 Å². The first-order valence-corrected chi connectivity index (χ1v) is 7.79. The van der Waals surface area contributed by atoms with Gasteiger partial charge in [-0.2, -0.15) is 4.52 Å². The van der Waals surface area contributed by atoms with Gasteiger partial charge in [0, 0.05) is 23.6 Å². The summed E-state index contributed by atoms with van der Waals surface area (Å²) in [7, 11) is 0. The van der Waals surface area contributed by atoms with Crippen LogP contribution in [0.2, 0.25) is 0 Å². The molecule has 0 aliphatic carbocycles. The lowest BCUT2D eigenvalue weighted by molar-refractivity contribution is 0.837. The van der Waals surface area contributed by atoms with E-state index in [0.717, 1.165) is 36.7 Å². The smallest absolute Gasteiger partial charge is 0.178 e. The number of para-hydroxylation sites is 1.